The number of aliphatic hydroxyl groups is 1. The first-order valence-electron chi connectivity index (χ1n) is 5.90. The smallest absolute Gasteiger partial charge is 0.305 e. The lowest BCUT2D eigenvalue weighted by Gasteiger charge is -2.15. The maximum absolute atomic E-state index is 12.2. The second kappa shape index (κ2) is 7.89. The van der Waals surface area contributed by atoms with E-state index in [4.69, 9.17) is 21.8 Å². The molecule has 1 atom stereocenters. The third-order valence-corrected chi connectivity index (χ3v) is 2.80. The van der Waals surface area contributed by atoms with Gasteiger partial charge >= 0.3 is 5.97 Å². The number of carboxylic acids is 1. The molecule has 0 fully saturated rings. The summed E-state index contributed by atoms with van der Waals surface area (Å²) in [5.74, 6) is -1.35. The van der Waals surface area contributed by atoms with Crippen molar-refractivity contribution in [3.63, 3.8) is 0 Å². The van der Waals surface area contributed by atoms with Crippen LogP contribution in [0.25, 0.3) is 0 Å². The molecule has 3 N–H and O–H groups in total. The summed E-state index contributed by atoms with van der Waals surface area (Å²) in [4.78, 5) is 22.9. The SMILES string of the molecule is O=C(O)CC(NCCCO)C(=O)c1ccc(Cl)cc1. The summed E-state index contributed by atoms with van der Waals surface area (Å²) in [5, 5.41) is 20.9. The quantitative estimate of drug-likeness (QED) is 0.496. The number of aliphatic carboxylic acids is 1. The molecule has 19 heavy (non-hydrogen) atoms. The van der Waals surface area contributed by atoms with Crippen LogP contribution in [0.1, 0.15) is 23.2 Å². The number of rotatable bonds is 8. The summed E-state index contributed by atoms with van der Waals surface area (Å²) in [5.41, 5.74) is 0.409. The number of carbonyl (C=O) groups excluding carboxylic acids is 1. The first kappa shape index (κ1) is 15.6. The van der Waals surface area contributed by atoms with Gasteiger partial charge in [-0.3, -0.25) is 9.59 Å². The molecule has 0 saturated carbocycles. The van der Waals surface area contributed by atoms with Crippen LogP contribution >= 0.6 is 11.6 Å². The van der Waals surface area contributed by atoms with Gasteiger partial charge in [-0.15, -0.1) is 0 Å². The number of carbonyl (C=O) groups is 2. The molecule has 104 valence electrons. The summed E-state index contributed by atoms with van der Waals surface area (Å²) in [7, 11) is 0. The van der Waals surface area contributed by atoms with Crippen molar-refractivity contribution in [2.24, 2.45) is 0 Å². The van der Waals surface area contributed by atoms with Crippen LogP contribution in [0.3, 0.4) is 0 Å². The molecular weight excluding hydrogens is 270 g/mol. The van der Waals surface area contributed by atoms with Gasteiger partial charge in [0.25, 0.3) is 0 Å². The Kier molecular flexibility index (Phi) is 6.49. The van der Waals surface area contributed by atoms with Crippen molar-refractivity contribution >= 4 is 23.4 Å². The molecule has 6 heteroatoms. The van der Waals surface area contributed by atoms with E-state index < -0.39 is 12.0 Å². The van der Waals surface area contributed by atoms with Crippen molar-refractivity contribution in [3.8, 4) is 0 Å². The minimum Gasteiger partial charge on any atom is -0.481 e. The van der Waals surface area contributed by atoms with Gasteiger partial charge in [0.15, 0.2) is 5.78 Å². The Morgan fingerprint density at radius 3 is 2.42 bits per heavy atom. The largest absolute Gasteiger partial charge is 0.481 e. The predicted molar refractivity (Wildman–Crippen MR) is 71.5 cm³/mol. The van der Waals surface area contributed by atoms with Crippen molar-refractivity contribution < 1.29 is 19.8 Å². The average Bonchev–Trinajstić information content (AvgIpc) is 2.37. The Labute approximate surface area is 116 Å². The van der Waals surface area contributed by atoms with E-state index in [9.17, 15) is 9.59 Å². The number of benzene rings is 1. The molecule has 5 nitrogen and oxygen atoms in total. The third-order valence-electron chi connectivity index (χ3n) is 2.55. The van der Waals surface area contributed by atoms with Crippen LogP contribution in [0.15, 0.2) is 24.3 Å². The molecule has 0 amide bonds. The fourth-order valence-electron chi connectivity index (χ4n) is 1.60. The Balaban J connectivity index is 2.74. The summed E-state index contributed by atoms with van der Waals surface area (Å²) < 4.78 is 0. The van der Waals surface area contributed by atoms with Gasteiger partial charge in [0.2, 0.25) is 0 Å². The van der Waals surface area contributed by atoms with Crippen LogP contribution in [0.4, 0.5) is 0 Å². The number of aliphatic hydroxyl groups excluding tert-OH is 1. The molecule has 1 aromatic rings. The maximum atomic E-state index is 12.2. The number of Topliss-reactive ketones (excluding diaryl/α,β-unsaturated/α-hetero) is 1. The van der Waals surface area contributed by atoms with Crippen molar-refractivity contribution in [1.29, 1.82) is 0 Å². The van der Waals surface area contributed by atoms with Crippen molar-refractivity contribution in [3.05, 3.63) is 34.9 Å². The highest BCUT2D eigenvalue weighted by molar-refractivity contribution is 6.30. The number of carboxylic acid groups (broad SMARTS) is 1. The fourth-order valence-corrected chi connectivity index (χ4v) is 1.73. The Morgan fingerprint density at radius 2 is 1.89 bits per heavy atom. The fraction of sp³-hybridized carbons (Fsp3) is 0.385. The first-order valence-corrected chi connectivity index (χ1v) is 6.28. The maximum Gasteiger partial charge on any atom is 0.305 e. The van der Waals surface area contributed by atoms with E-state index in [0.717, 1.165) is 0 Å². The number of nitrogens with one attached hydrogen (secondary N) is 1. The van der Waals surface area contributed by atoms with Crippen LogP contribution in [0.2, 0.25) is 5.02 Å². The summed E-state index contributed by atoms with van der Waals surface area (Å²) in [6.07, 6.45) is 0.164. The highest BCUT2D eigenvalue weighted by atomic mass is 35.5. The molecule has 0 heterocycles. The van der Waals surface area contributed by atoms with Crippen LogP contribution in [0.5, 0.6) is 0 Å². The summed E-state index contributed by atoms with van der Waals surface area (Å²) >= 11 is 5.73. The monoisotopic (exact) mass is 285 g/mol. The standard InChI is InChI=1S/C13H16ClNO4/c14-10-4-2-9(3-5-10)13(19)11(8-12(17)18)15-6-1-7-16/h2-5,11,15-16H,1,6-8H2,(H,17,18). The van der Waals surface area contributed by atoms with Crippen LogP contribution in [-0.4, -0.2) is 41.2 Å². The van der Waals surface area contributed by atoms with Crippen LogP contribution in [-0.2, 0) is 4.79 Å². The zero-order chi connectivity index (χ0) is 14.3. The van der Waals surface area contributed by atoms with Crippen LogP contribution < -0.4 is 5.32 Å². The van der Waals surface area contributed by atoms with Crippen molar-refractivity contribution in [2.75, 3.05) is 13.2 Å². The van der Waals surface area contributed by atoms with Gasteiger partial charge < -0.3 is 15.5 Å². The Hall–Kier alpha value is -1.43. The van der Waals surface area contributed by atoms with E-state index in [1.54, 1.807) is 24.3 Å². The molecule has 1 unspecified atom stereocenters. The molecule has 1 aromatic carbocycles. The molecular formula is C13H16ClNO4. The van der Waals surface area contributed by atoms with Gasteiger partial charge in [0.05, 0.1) is 12.5 Å². The van der Waals surface area contributed by atoms with E-state index in [2.05, 4.69) is 5.32 Å². The second-order valence-corrected chi connectivity index (χ2v) is 4.49. The number of hydrogen-bond donors (Lipinski definition) is 3. The van der Waals surface area contributed by atoms with Crippen molar-refractivity contribution in [2.45, 2.75) is 18.9 Å². The minimum atomic E-state index is -1.05. The summed E-state index contributed by atoms with van der Waals surface area (Å²) in [6.45, 7) is 0.371. The first-order chi connectivity index (χ1) is 9.04. The van der Waals surface area contributed by atoms with Gasteiger partial charge in [-0.1, -0.05) is 11.6 Å². The highest BCUT2D eigenvalue weighted by Gasteiger charge is 2.22. The molecule has 0 aliphatic carbocycles. The zero-order valence-electron chi connectivity index (χ0n) is 10.3. The zero-order valence-corrected chi connectivity index (χ0v) is 11.1. The van der Waals surface area contributed by atoms with E-state index in [-0.39, 0.29) is 18.8 Å². The molecule has 0 aliphatic heterocycles. The topological polar surface area (TPSA) is 86.6 Å². The second-order valence-electron chi connectivity index (χ2n) is 4.05. The molecule has 1 rings (SSSR count). The van der Waals surface area contributed by atoms with Gasteiger partial charge in [-0.2, -0.15) is 0 Å². The average molecular weight is 286 g/mol. The normalized spacial score (nSPS) is 12.1. The number of halogens is 1. The third kappa shape index (κ3) is 5.38. The molecule has 0 aromatic heterocycles. The van der Waals surface area contributed by atoms with Crippen LogP contribution in [0, 0.1) is 0 Å². The van der Waals surface area contributed by atoms with E-state index in [1.807, 2.05) is 0 Å². The van der Waals surface area contributed by atoms with Crippen molar-refractivity contribution in [1.82, 2.24) is 5.32 Å². The lowest BCUT2D eigenvalue weighted by Crippen LogP contribution is -2.39. The lowest BCUT2D eigenvalue weighted by molar-refractivity contribution is -0.137. The van der Waals surface area contributed by atoms with E-state index in [0.29, 0.717) is 23.6 Å². The van der Waals surface area contributed by atoms with Gasteiger partial charge in [-0.25, -0.2) is 0 Å². The minimum absolute atomic E-state index is 0.0120. The summed E-state index contributed by atoms with van der Waals surface area (Å²) in [6, 6.07) is 5.49. The van der Waals surface area contributed by atoms with E-state index >= 15 is 0 Å². The van der Waals surface area contributed by atoms with Gasteiger partial charge in [-0.05, 0) is 37.2 Å². The number of hydrogen-bond acceptors (Lipinski definition) is 4. The Morgan fingerprint density at radius 1 is 1.26 bits per heavy atom. The lowest BCUT2D eigenvalue weighted by atomic mass is 10.0. The molecule has 0 spiro atoms. The van der Waals surface area contributed by atoms with Gasteiger partial charge in [0, 0.05) is 17.2 Å². The van der Waals surface area contributed by atoms with Gasteiger partial charge in [0.1, 0.15) is 0 Å². The predicted octanol–water partition coefficient (Wildman–Crippen LogP) is 1.34. The molecule has 0 aliphatic rings. The molecule has 0 saturated heterocycles. The van der Waals surface area contributed by atoms with E-state index in [1.165, 1.54) is 0 Å². The number of ketones is 1. The molecule has 0 bridgehead atoms. The molecule has 0 radical (unpaired) electrons. The Bertz CT molecular complexity index is 433. The highest BCUT2D eigenvalue weighted by Crippen LogP contribution is 2.12.